The van der Waals surface area contributed by atoms with Gasteiger partial charge in [-0.25, -0.2) is 9.48 Å². The molecule has 1 N–H and O–H groups in total. The second-order valence-corrected chi connectivity index (χ2v) is 10.3. The number of hydrogen-bond donors (Lipinski definition) is 1. The summed E-state index contributed by atoms with van der Waals surface area (Å²) in [7, 11) is 1.54. The first-order chi connectivity index (χ1) is 17.5. The maximum Gasteiger partial charge on any atom is 0.355 e. The van der Waals surface area contributed by atoms with E-state index in [0.717, 1.165) is 10.5 Å². The van der Waals surface area contributed by atoms with E-state index in [1.54, 1.807) is 19.2 Å². The number of aromatic nitrogens is 3. The van der Waals surface area contributed by atoms with E-state index in [-0.39, 0.29) is 5.69 Å². The topological polar surface area (TPSA) is 105 Å². The highest BCUT2D eigenvalue weighted by Crippen LogP contribution is 2.45. The molecule has 190 valence electrons. The summed E-state index contributed by atoms with van der Waals surface area (Å²) in [6.07, 6.45) is -0.644. The Kier molecular flexibility index (Phi) is 7.82. The minimum Gasteiger partial charge on any atom is -0.476 e. The largest absolute Gasteiger partial charge is 0.476 e. The summed E-state index contributed by atoms with van der Waals surface area (Å²) in [6.45, 7) is 0.387. The third kappa shape index (κ3) is 5.12. The van der Waals surface area contributed by atoms with Crippen molar-refractivity contribution in [3.63, 3.8) is 0 Å². The van der Waals surface area contributed by atoms with E-state index in [1.165, 1.54) is 22.6 Å². The fraction of sp³-hybridized carbons (Fsp3) is 0.375. The van der Waals surface area contributed by atoms with Crippen LogP contribution in [0.4, 0.5) is 0 Å². The molecule has 0 radical (unpaired) electrons. The highest BCUT2D eigenvalue weighted by molar-refractivity contribution is 7.99. The number of rotatable bonds is 6. The van der Waals surface area contributed by atoms with Crippen LogP contribution in [0.3, 0.4) is 0 Å². The molecule has 9 nitrogen and oxygen atoms in total. The normalized spacial score (nSPS) is 28.3. The third-order valence-electron chi connectivity index (χ3n) is 6.13. The number of carboxylic acid groups (broad SMARTS) is 1. The summed E-state index contributed by atoms with van der Waals surface area (Å²) < 4.78 is 26.3. The average molecular weight is 552 g/mol. The number of hydrogen-bond acceptors (Lipinski definition) is 8. The highest BCUT2D eigenvalue weighted by atomic mass is 35.5. The standard InChI is InChI=1S/C24H23Cl2N3O6S/c1-32-21-19(29-17(22(30)31)12-27-28-29)20-18(9-10-33-23(35-20)13-5-3-2-4-6-13)34-24(21)36-14-7-8-15(25)16(26)11-14/h2-8,11-12,18-21,23-24H,9-10H2,1H3,(H,30,31)/t18-,19+,20+,21-,23?,24-/m1/s1. The van der Waals surface area contributed by atoms with Crippen LogP contribution in [0.1, 0.15) is 34.8 Å². The molecule has 5 rings (SSSR count). The van der Waals surface area contributed by atoms with E-state index < -0.39 is 42.0 Å². The van der Waals surface area contributed by atoms with Crippen LogP contribution in [0.2, 0.25) is 10.0 Å². The number of fused-ring (bicyclic) bond motifs is 1. The summed E-state index contributed by atoms with van der Waals surface area (Å²) in [4.78, 5) is 12.8. The zero-order valence-corrected chi connectivity index (χ0v) is 21.4. The first-order valence-electron chi connectivity index (χ1n) is 11.2. The molecule has 0 aliphatic carbocycles. The van der Waals surface area contributed by atoms with Gasteiger partial charge < -0.3 is 24.1 Å². The van der Waals surface area contributed by atoms with Crippen molar-refractivity contribution in [1.82, 2.24) is 15.0 Å². The summed E-state index contributed by atoms with van der Waals surface area (Å²) in [5.41, 5.74) is 0.224. The molecule has 2 saturated heterocycles. The second-order valence-electron chi connectivity index (χ2n) is 8.30. The maximum absolute atomic E-state index is 12.0. The average Bonchev–Trinajstić information content (AvgIpc) is 3.27. The summed E-state index contributed by atoms with van der Waals surface area (Å²) in [6, 6.07) is 14.2. The van der Waals surface area contributed by atoms with E-state index in [0.29, 0.717) is 23.1 Å². The van der Waals surface area contributed by atoms with Crippen molar-refractivity contribution in [3.05, 3.63) is 76.0 Å². The van der Waals surface area contributed by atoms with Gasteiger partial charge in [-0.1, -0.05) is 70.5 Å². The Morgan fingerprint density at radius 2 is 1.97 bits per heavy atom. The zero-order chi connectivity index (χ0) is 25.2. The number of halogens is 2. The molecule has 36 heavy (non-hydrogen) atoms. The monoisotopic (exact) mass is 551 g/mol. The highest BCUT2D eigenvalue weighted by Gasteiger charge is 2.51. The minimum atomic E-state index is -1.16. The molecule has 1 aromatic heterocycles. The molecule has 1 unspecified atom stereocenters. The number of carbonyl (C=O) groups is 1. The smallest absolute Gasteiger partial charge is 0.355 e. The van der Waals surface area contributed by atoms with E-state index in [4.69, 9.17) is 42.1 Å². The Bertz CT molecular complexity index is 1220. The Hall–Kier alpha value is -2.18. The van der Waals surface area contributed by atoms with Gasteiger partial charge in [0.2, 0.25) is 0 Å². The van der Waals surface area contributed by atoms with Crippen molar-refractivity contribution in [1.29, 1.82) is 0 Å². The van der Waals surface area contributed by atoms with Gasteiger partial charge in [0.25, 0.3) is 0 Å². The fourth-order valence-corrected chi connectivity index (χ4v) is 6.05. The van der Waals surface area contributed by atoms with Crippen molar-refractivity contribution >= 4 is 40.9 Å². The molecule has 12 heteroatoms. The maximum atomic E-state index is 12.0. The van der Waals surface area contributed by atoms with Gasteiger partial charge in [-0.2, -0.15) is 0 Å². The van der Waals surface area contributed by atoms with Gasteiger partial charge in [0.05, 0.1) is 29.0 Å². The fourth-order valence-electron chi connectivity index (χ4n) is 4.48. The van der Waals surface area contributed by atoms with Crippen LogP contribution in [0, 0.1) is 0 Å². The van der Waals surface area contributed by atoms with Crippen molar-refractivity contribution in [2.24, 2.45) is 0 Å². The van der Waals surface area contributed by atoms with E-state index in [9.17, 15) is 9.90 Å². The van der Waals surface area contributed by atoms with Crippen LogP contribution in [-0.4, -0.2) is 63.5 Å². The first-order valence-corrected chi connectivity index (χ1v) is 12.8. The first kappa shape index (κ1) is 25.5. The number of benzene rings is 2. The van der Waals surface area contributed by atoms with Gasteiger partial charge >= 0.3 is 5.97 Å². The van der Waals surface area contributed by atoms with Crippen molar-refractivity contribution in [3.8, 4) is 0 Å². The Labute approximate surface area is 221 Å². The number of thioether (sulfide) groups is 1. The van der Waals surface area contributed by atoms with E-state index in [1.807, 2.05) is 36.4 Å². The molecule has 2 aromatic carbocycles. The molecule has 6 atom stereocenters. The summed E-state index contributed by atoms with van der Waals surface area (Å²) in [5, 5.41) is 18.7. The van der Waals surface area contributed by atoms with E-state index in [2.05, 4.69) is 10.3 Å². The van der Waals surface area contributed by atoms with Crippen LogP contribution < -0.4 is 0 Å². The lowest BCUT2D eigenvalue weighted by Crippen LogP contribution is -2.55. The van der Waals surface area contributed by atoms with Gasteiger partial charge in [-0.05, 0) is 24.6 Å². The van der Waals surface area contributed by atoms with E-state index >= 15 is 0 Å². The molecule has 0 saturated carbocycles. The van der Waals surface area contributed by atoms with Crippen molar-refractivity contribution in [2.45, 2.75) is 47.4 Å². The van der Waals surface area contributed by atoms with Crippen LogP contribution in [0.25, 0.3) is 0 Å². The second kappa shape index (κ2) is 11.1. The van der Waals surface area contributed by atoms with Crippen LogP contribution in [-0.2, 0) is 18.9 Å². The molecule has 3 aromatic rings. The molecule has 0 spiro atoms. The molecule has 2 aliphatic rings. The molecular formula is C24H23Cl2N3O6S. The number of carboxylic acids is 1. The Balaban J connectivity index is 1.53. The molecule has 3 heterocycles. The number of aromatic carboxylic acids is 1. The van der Waals surface area contributed by atoms with Gasteiger partial charge in [0.15, 0.2) is 12.0 Å². The molecule has 2 aliphatic heterocycles. The van der Waals surface area contributed by atoms with Crippen LogP contribution in [0.5, 0.6) is 0 Å². The van der Waals surface area contributed by atoms with Gasteiger partial charge in [-0.15, -0.1) is 5.10 Å². The van der Waals surface area contributed by atoms with Crippen molar-refractivity contribution < 1.29 is 28.8 Å². The number of ether oxygens (including phenoxy) is 4. The zero-order valence-electron chi connectivity index (χ0n) is 19.1. The number of methoxy groups -OCH3 is 1. The van der Waals surface area contributed by atoms with Crippen molar-refractivity contribution in [2.75, 3.05) is 13.7 Å². The SMILES string of the molecule is CO[C@@H]1[C@@H](n2nncc2C(=O)O)[C@H]2OC(c3ccccc3)OCC[C@H]2O[C@@H]1Sc1ccc(Cl)c(Cl)c1. The predicted molar refractivity (Wildman–Crippen MR) is 132 cm³/mol. The molecule has 0 bridgehead atoms. The minimum absolute atomic E-state index is 0.0778. The van der Waals surface area contributed by atoms with Gasteiger partial charge in [0, 0.05) is 17.6 Å². The summed E-state index contributed by atoms with van der Waals surface area (Å²) in [5.74, 6) is -1.16. The lowest BCUT2D eigenvalue weighted by Gasteiger charge is -2.45. The van der Waals surface area contributed by atoms with Crippen LogP contribution >= 0.6 is 35.0 Å². The summed E-state index contributed by atoms with van der Waals surface area (Å²) >= 11 is 13.7. The number of nitrogens with zero attached hydrogens (tertiary/aromatic N) is 3. The Morgan fingerprint density at radius 3 is 2.69 bits per heavy atom. The molecule has 2 fully saturated rings. The molecular weight excluding hydrogens is 529 g/mol. The lowest BCUT2D eigenvalue weighted by atomic mass is 9.94. The lowest BCUT2D eigenvalue weighted by molar-refractivity contribution is -0.231. The van der Waals surface area contributed by atoms with Gasteiger partial charge in [0.1, 0.15) is 23.7 Å². The predicted octanol–water partition coefficient (Wildman–Crippen LogP) is 4.86. The van der Waals surface area contributed by atoms with Crippen LogP contribution in [0.15, 0.2) is 59.6 Å². The third-order valence-corrected chi connectivity index (χ3v) is 8.01. The Morgan fingerprint density at radius 1 is 1.17 bits per heavy atom. The molecule has 0 amide bonds. The van der Waals surface area contributed by atoms with Gasteiger partial charge in [-0.3, -0.25) is 0 Å². The quantitative estimate of drug-likeness (QED) is 0.459.